The Morgan fingerprint density at radius 1 is 1.15 bits per heavy atom. The molecule has 2 aromatic carbocycles. The van der Waals surface area contributed by atoms with E-state index in [9.17, 15) is 9.18 Å². The van der Waals surface area contributed by atoms with Crippen LogP contribution >= 0.6 is 0 Å². The van der Waals surface area contributed by atoms with Crippen LogP contribution in [-0.4, -0.2) is 24.0 Å². The molecule has 3 aromatic rings. The van der Waals surface area contributed by atoms with Gasteiger partial charge < -0.3 is 14.5 Å². The number of hydrogen-bond acceptors (Lipinski definition) is 4. The van der Waals surface area contributed by atoms with Gasteiger partial charge in [-0.15, -0.1) is 0 Å². The Labute approximate surface area is 157 Å². The van der Waals surface area contributed by atoms with Crippen LogP contribution < -0.4 is 10.1 Å². The quantitative estimate of drug-likeness (QED) is 0.655. The third kappa shape index (κ3) is 5.17. The molecule has 0 saturated carbocycles. The van der Waals surface area contributed by atoms with E-state index < -0.39 is 0 Å². The number of oxazole rings is 1. The Balaban J connectivity index is 1.45. The molecule has 0 aliphatic rings. The highest BCUT2D eigenvalue weighted by molar-refractivity contribution is 5.76. The highest BCUT2D eigenvalue weighted by atomic mass is 19.1. The third-order valence-corrected chi connectivity index (χ3v) is 4.02. The fraction of sp³-hybridized carbons (Fsp3) is 0.238. The van der Waals surface area contributed by atoms with Gasteiger partial charge in [-0.2, -0.15) is 0 Å². The second kappa shape index (κ2) is 8.98. The molecule has 0 unspecified atom stereocenters. The molecule has 0 aliphatic carbocycles. The van der Waals surface area contributed by atoms with Crippen LogP contribution in [0, 0.1) is 12.7 Å². The van der Waals surface area contributed by atoms with Gasteiger partial charge in [-0.1, -0.05) is 30.3 Å². The van der Waals surface area contributed by atoms with Crippen molar-refractivity contribution in [2.45, 2.75) is 19.8 Å². The Kier molecular flexibility index (Phi) is 6.20. The number of carbonyl (C=O) groups is 1. The van der Waals surface area contributed by atoms with Crippen LogP contribution in [0.15, 0.2) is 59.0 Å². The summed E-state index contributed by atoms with van der Waals surface area (Å²) in [5.41, 5.74) is 1.03. The molecule has 140 valence electrons. The number of carbonyl (C=O) groups excluding carboxylic acids is 1. The van der Waals surface area contributed by atoms with Crippen LogP contribution in [0.25, 0.3) is 11.5 Å². The molecule has 0 spiro atoms. The minimum absolute atomic E-state index is 0.0959. The number of halogens is 1. The van der Waals surface area contributed by atoms with E-state index in [1.54, 1.807) is 25.1 Å². The average Bonchev–Trinajstić information content (AvgIpc) is 3.03. The van der Waals surface area contributed by atoms with Crippen LogP contribution in [0.4, 0.5) is 4.39 Å². The Morgan fingerprint density at radius 2 is 1.89 bits per heavy atom. The topological polar surface area (TPSA) is 64.4 Å². The molecule has 0 aliphatic heterocycles. The van der Waals surface area contributed by atoms with Gasteiger partial charge in [0.05, 0.1) is 24.3 Å². The molecular formula is C21H21FN2O3. The second-order valence-electron chi connectivity index (χ2n) is 6.01. The second-order valence-corrected chi connectivity index (χ2v) is 6.01. The van der Waals surface area contributed by atoms with E-state index in [0.29, 0.717) is 36.6 Å². The summed E-state index contributed by atoms with van der Waals surface area (Å²) < 4.78 is 24.9. The van der Waals surface area contributed by atoms with E-state index in [1.165, 1.54) is 6.07 Å². The molecule has 6 heteroatoms. The Hall–Kier alpha value is -3.15. The summed E-state index contributed by atoms with van der Waals surface area (Å²) in [5, 5.41) is 2.83. The first-order valence-corrected chi connectivity index (χ1v) is 8.79. The monoisotopic (exact) mass is 368 g/mol. The Bertz CT molecular complexity index is 893. The summed E-state index contributed by atoms with van der Waals surface area (Å²) in [4.78, 5) is 16.3. The molecular weight excluding hydrogens is 347 g/mol. The lowest BCUT2D eigenvalue weighted by atomic mass is 10.2. The summed E-state index contributed by atoms with van der Waals surface area (Å²) in [6.07, 6.45) is 0.780. The standard InChI is InChI=1S/C21H21FN2O3/c1-15-19(24-21(27-15)17-9-5-6-10-18(17)22)11-13-23-20(25)12-14-26-16-7-3-2-4-8-16/h2-10H,11-14H2,1H3,(H,23,25). The summed E-state index contributed by atoms with van der Waals surface area (Å²) >= 11 is 0. The maximum atomic E-state index is 13.8. The van der Waals surface area contributed by atoms with Gasteiger partial charge in [-0.3, -0.25) is 4.79 Å². The van der Waals surface area contributed by atoms with Crippen molar-refractivity contribution < 1.29 is 18.3 Å². The largest absolute Gasteiger partial charge is 0.493 e. The smallest absolute Gasteiger partial charge is 0.229 e. The fourth-order valence-corrected chi connectivity index (χ4v) is 2.60. The number of nitrogens with zero attached hydrogens (tertiary/aromatic N) is 1. The number of ether oxygens (including phenoxy) is 1. The van der Waals surface area contributed by atoms with Gasteiger partial charge >= 0.3 is 0 Å². The van der Waals surface area contributed by atoms with Gasteiger partial charge in [0.2, 0.25) is 11.8 Å². The van der Waals surface area contributed by atoms with Crippen LogP contribution in [0.1, 0.15) is 17.9 Å². The maximum absolute atomic E-state index is 13.8. The van der Waals surface area contributed by atoms with Crippen LogP contribution in [0.2, 0.25) is 0 Å². The van der Waals surface area contributed by atoms with Gasteiger partial charge in [0, 0.05) is 13.0 Å². The van der Waals surface area contributed by atoms with Crippen molar-refractivity contribution in [3.63, 3.8) is 0 Å². The fourth-order valence-electron chi connectivity index (χ4n) is 2.60. The first-order chi connectivity index (χ1) is 13.1. The van der Waals surface area contributed by atoms with Crippen molar-refractivity contribution in [1.82, 2.24) is 10.3 Å². The molecule has 0 fully saturated rings. The van der Waals surface area contributed by atoms with Crippen molar-refractivity contribution >= 4 is 5.91 Å². The molecule has 1 N–H and O–H groups in total. The molecule has 0 saturated heterocycles. The molecule has 0 radical (unpaired) electrons. The number of hydrogen-bond donors (Lipinski definition) is 1. The highest BCUT2D eigenvalue weighted by Crippen LogP contribution is 2.24. The lowest BCUT2D eigenvalue weighted by Crippen LogP contribution is -2.27. The molecule has 27 heavy (non-hydrogen) atoms. The third-order valence-electron chi connectivity index (χ3n) is 4.02. The van der Waals surface area contributed by atoms with Crippen molar-refractivity contribution in [3.8, 4) is 17.2 Å². The number of nitrogens with one attached hydrogen (secondary N) is 1. The zero-order chi connectivity index (χ0) is 19.1. The highest BCUT2D eigenvalue weighted by Gasteiger charge is 2.14. The Morgan fingerprint density at radius 3 is 2.67 bits per heavy atom. The van der Waals surface area contributed by atoms with E-state index in [2.05, 4.69) is 10.3 Å². The first kappa shape index (κ1) is 18.6. The molecule has 3 rings (SSSR count). The van der Waals surface area contributed by atoms with E-state index in [-0.39, 0.29) is 24.0 Å². The summed E-state index contributed by atoms with van der Waals surface area (Å²) in [7, 11) is 0. The lowest BCUT2D eigenvalue weighted by molar-refractivity contribution is -0.121. The normalized spacial score (nSPS) is 10.6. The van der Waals surface area contributed by atoms with Crippen LogP contribution in [-0.2, 0) is 11.2 Å². The van der Waals surface area contributed by atoms with Gasteiger partial charge in [0.25, 0.3) is 0 Å². The maximum Gasteiger partial charge on any atom is 0.229 e. The van der Waals surface area contributed by atoms with Crippen molar-refractivity contribution in [3.05, 3.63) is 71.9 Å². The number of benzene rings is 2. The summed E-state index contributed by atoms with van der Waals surface area (Å²) in [6, 6.07) is 15.7. The predicted octanol–water partition coefficient (Wildman–Crippen LogP) is 3.92. The average molecular weight is 368 g/mol. The number of para-hydroxylation sites is 1. The van der Waals surface area contributed by atoms with E-state index in [4.69, 9.17) is 9.15 Å². The minimum Gasteiger partial charge on any atom is -0.493 e. The van der Waals surface area contributed by atoms with Crippen LogP contribution in [0.3, 0.4) is 0 Å². The number of aromatic nitrogens is 1. The SMILES string of the molecule is Cc1oc(-c2ccccc2F)nc1CCNC(=O)CCOc1ccccc1. The summed E-state index contributed by atoms with van der Waals surface area (Å²) in [5.74, 6) is 1.14. The van der Waals surface area contributed by atoms with E-state index in [1.807, 2.05) is 30.3 Å². The molecule has 0 atom stereocenters. The zero-order valence-corrected chi connectivity index (χ0v) is 15.1. The van der Waals surface area contributed by atoms with Crippen molar-refractivity contribution in [2.75, 3.05) is 13.2 Å². The minimum atomic E-state index is -0.378. The van der Waals surface area contributed by atoms with Gasteiger partial charge in [0.1, 0.15) is 17.3 Å². The summed E-state index contributed by atoms with van der Waals surface area (Å²) in [6.45, 7) is 2.52. The predicted molar refractivity (Wildman–Crippen MR) is 99.9 cm³/mol. The number of amides is 1. The van der Waals surface area contributed by atoms with Crippen molar-refractivity contribution in [2.24, 2.45) is 0 Å². The molecule has 5 nitrogen and oxygen atoms in total. The van der Waals surface area contributed by atoms with Crippen LogP contribution in [0.5, 0.6) is 5.75 Å². The van der Waals surface area contributed by atoms with E-state index >= 15 is 0 Å². The number of aryl methyl sites for hydroxylation is 1. The molecule has 0 bridgehead atoms. The molecule has 1 aromatic heterocycles. The van der Waals surface area contributed by atoms with Gasteiger partial charge in [0.15, 0.2) is 0 Å². The zero-order valence-electron chi connectivity index (χ0n) is 15.1. The molecule has 1 heterocycles. The number of rotatable bonds is 8. The lowest BCUT2D eigenvalue weighted by Gasteiger charge is -2.06. The molecule has 1 amide bonds. The van der Waals surface area contributed by atoms with Gasteiger partial charge in [-0.25, -0.2) is 9.37 Å². The van der Waals surface area contributed by atoms with E-state index in [0.717, 1.165) is 5.75 Å². The first-order valence-electron chi connectivity index (χ1n) is 8.79. The van der Waals surface area contributed by atoms with Gasteiger partial charge in [-0.05, 0) is 31.2 Å². The van der Waals surface area contributed by atoms with Crippen molar-refractivity contribution in [1.29, 1.82) is 0 Å².